The van der Waals surface area contributed by atoms with Crippen molar-refractivity contribution in [2.24, 2.45) is 5.73 Å². The van der Waals surface area contributed by atoms with Crippen LogP contribution in [0, 0.1) is 0 Å². The Morgan fingerprint density at radius 3 is 2.76 bits per heavy atom. The molecule has 0 atom stereocenters. The third-order valence-corrected chi connectivity index (χ3v) is 4.37. The maximum atomic E-state index is 12.4. The van der Waals surface area contributed by atoms with E-state index in [0.29, 0.717) is 18.8 Å². The second kappa shape index (κ2) is 6.07. The van der Waals surface area contributed by atoms with Gasteiger partial charge in [-0.2, -0.15) is 0 Å². The van der Waals surface area contributed by atoms with Crippen LogP contribution in [0.2, 0.25) is 0 Å². The van der Waals surface area contributed by atoms with E-state index < -0.39 is 5.91 Å². The van der Waals surface area contributed by atoms with Crippen molar-refractivity contribution in [3.8, 4) is 0 Å². The Labute approximate surface area is 144 Å². The normalized spacial score (nSPS) is 13.0. The molecule has 6 nitrogen and oxygen atoms in total. The van der Waals surface area contributed by atoms with Crippen LogP contribution in [0.4, 0.5) is 5.69 Å². The lowest BCUT2D eigenvalue weighted by molar-refractivity contribution is -0.116. The first kappa shape index (κ1) is 15.4. The van der Waals surface area contributed by atoms with Gasteiger partial charge in [0.05, 0.1) is 18.8 Å². The quantitative estimate of drug-likeness (QED) is 0.767. The first-order valence-corrected chi connectivity index (χ1v) is 7.99. The fraction of sp³-hybridized carbons (Fsp3) is 0.158. The SMILES string of the molecule is NC(=O)c1cn(CC(=O)Nc2ccc3c(c2)COC3)c2ccccc12. The van der Waals surface area contributed by atoms with Crippen molar-refractivity contribution in [3.05, 3.63) is 65.4 Å². The summed E-state index contributed by atoms with van der Waals surface area (Å²) in [7, 11) is 0. The second-order valence-electron chi connectivity index (χ2n) is 6.08. The smallest absolute Gasteiger partial charge is 0.250 e. The molecule has 0 saturated heterocycles. The molecule has 0 bridgehead atoms. The van der Waals surface area contributed by atoms with Crippen molar-refractivity contribution in [1.29, 1.82) is 0 Å². The molecule has 0 fully saturated rings. The number of nitrogens with zero attached hydrogens (tertiary/aromatic N) is 1. The van der Waals surface area contributed by atoms with Crippen LogP contribution >= 0.6 is 0 Å². The summed E-state index contributed by atoms with van der Waals surface area (Å²) in [4.78, 5) is 24.0. The van der Waals surface area contributed by atoms with Crippen molar-refractivity contribution >= 4 is 28.4 Å². The molecule has 3 N–H and O–H groups in total. The molecule has 0 radical (unpaired) electrons. The molecule has 25 heavy (non-hydrogen) atoms. The van der Waals surface area contributed by atoms with Gasteiger partial charge in [-0.25, -0.2) is 0 Å². The largest absolute Gasteiger partial charge is 0.372 e. The third kappa shape index (κ3) is 2.88. The Kier molecular flexibility index (Phi) is 3.74. The number of nitrogens with two attached hydrogens (primary N) is 1. The van der Waals surface area contributed by atoms with Gasteiger partial charge in [-0.3, -0.25) is 9.59 Å². The van der Waals surface area contributed by atoms with Gasteiger partial charge in [0.15, 0.2) is 0 Å². The number of ether oxygens (including phenoxy) is 1. The molecule has 0 aliphatic carbocycles. The van der Waals surface area contributed by atoms with Gasteiger partial charge in [-0.05, 0) is 29.3 Å². The Bertz CT molecular complexity index is 991. The number of anilines is 1. The van der Waals surface area contributed by atoms with Crippen molar-refractivity contribution in [2.75, 3.05) is 5.32 Å². The number of benzene rings is 2. The van der Waals surface area contributed by atoms with E-state index >= 15 is 0 Å². The zero-order valence-electron chi connectivity index (χ0n) is 13.5. The van der Waals surface area contributed by atoms with Gasteiger partial charge in [-0.1, -0.05) is 24.3 Å². The Balaban J connectivity index is 1.57. The predicted molar refractivity (Wildman–Crippen MR) is 94.0 cm³/mol. The van der Waals surface area contributed by atoms with Gasteiger partial charge in [0.2, 0.25) is 5.91 Å². The number of rotatable bonds is 4. The molecule has 4 rings (SSSR count). The van der Waals surface area contributed by atoms with Crippen LogP contribution in [-0.4, -0.2) is 16.4 Å². The second-order valence-corrected chi connectivity index (χ2v) is 6.08. The van der Waals surface area contributed by atoms with Gasteiger partial charge >= 0.3 is 0 Å². The molecule has 126 valence electrons. The predicted octanol–water partition coefficient (Wildman–Crippen LogP) is 2.41. The number of hydrogen-bond donors (Lipinski definition) is 2. The standard InChI is InChI=1S/C19H17N3O3/c20-19(24)16-8-22(17-4-2-1-3-15(16)17)9-18(23)21-14-6-5-12-10-25-11-13(12)7-14/h1-8H,9-11H2,(H2,20,24)(H,21,23). The molecule has 3 aromatic rings. The highest BCUT2D eigenvalue weighted by molar-refractivity contribution is 6.06. The molecular weight excluding hydrogens is 318 g/mol. The van der Waals surface area contributed by atoms with Crippen LogP contribution in [-0.2, 0) is 29.3 Å². The third-order valence-electron chi connectivity index (χ3n) is 4.37. The summed E-state index contributed by atoms with van der Waals surface area (Å²) >= 11 is 0. The Morgan fingerprint density at radius 2 is 1.92 bits per heavy atom. The Hall–Kier alpha value is -3.12. The molecule has 1 aliphatic rings. The van der Waals surface area contributed by atoms with Crippen molar-refractivity contribution < 1.29 is 14.3 Å². The zero-order valence-corrected chi connectivity index (χ0v) is 13.5. The van der Waals surface area contributed by atoms with Crippen LogP contribution in [0.15, 0.2) is 48.7 Å². The Morgan fingerprint density at radius 1 is 1.12 bits per heavy atom. The summed E-state index contributed by atoms with van der Waals surface area (Å²) in [6.45, 7) is 1.29. The van der Waals surface area contributed by atoms with E-state index in [0.717, 1.165) is 27.7 Å². The van der Waals surface area contributed by atoms with E-state index in [1.54, 1.807) is 10.8 Å². The number of hydrogen-bond acceptors (Lipinski definition) is 3. The summed E-state index contributed by atoms with van der Waals surface area (Å²) in [5.41, 5.74) is 9.64. The van der Waals surface area contributed by atoms with Crippen molar-refractivity contribution in [2.45, 2.75) is 19.8 Å². The highest BCUT2D eigenvalue weighted by Crippen LogP contribution is 2.24. The van der Waals surface area contributed by atoms with Crippen LogP contribution in [0.25, 0.3) is 10.9 Å². The van der Waals surface area contributed by atoms with E-state index in [1.807, 2.05) is 42.5 Å². The summed E-state index contributed by atoms with van der Waals surface area (Å²) in [5.74, 6) is -0.676. The number of primary amides is 1. The van der Waals surface area contributed by atoms with Gasteiger partial charge in [0, 0.05) is 22.8 Å². The summed E-state index contributed by atoms with van der Waals surface area (Å²) in [6, 6.07) is 13.2. The van der Waals surface area contributed by atoms with Crippen LogP contribution in [0.5, 0.6) is 0 Å². The molecule has 0 unspecified atom stereocenters. The number of para-hydroxylation sites is 1. The fourth-order valence-electron chi connectivity index (χ4n) is 3.18. The summed E-state index contributed by atoms with van der Waals surface area (Å²) < 4.78 is 7.12. The molecule has 2 amide bonds. The summed E-state index contributed by atoms with van der Waals surface area (Å²) in [6.07, 6.45) is 1.63. The van der Waals surface area contributed by atoms with E-state index in [-0.39, 0.29) is 12.5 Å². The van der Waals surface area contributed by atoms with E-state index in [2.05, 4.69) is 5.32 Å². The van der Waals surface area contributed by atoms with Crippen LogP contribution in [0.3, 0.4) is 0 Å². The van der Waals surface area contributed by atoms with Crippen molar-refractivity contribution in [1.82, 2.24) is 4.57 Å². The molecule has 2 aromatic carbocycles. The molecule has 0 spiro atoms. The summed E-state index contributed by atoms with van der Waals surface area (Å²) in [5, 5.41) is 3.64. The van der Waals surface area contributed by atoms with E-state index in [1.165, 1.54) is 0 Å². The minimum absolute atomic E-state index is 0.0986. The lowest BCUT2D eigenvalue weighted by Crippen LogP contribution is -2.18. The topological polar surface area (TPSA) is 86.4 Å². The molecule has 6 heteroatoms. The highest BCUT2D eigenvalue weighted by atomic mass is 16.5. The van der Waals surface area contributed by atoms with Gasteiger partial charge in [0.25, 0.3) is 5.91 Å². The molecule has 0 saturated carbocycles. The fourth-order valence-corrected chi connectivity index (χ4v) is 3.18. The molecule has 1 aromatic heterocycles. The minimum Gasteiger partial charge on any atom is -0.372 e. The lowest BCUT2D eigenvalue weighted by atomic mass is 10.1. The van der Waals surface area contributed by atoms with Crippen LogP contribution < -0.4 is 11.1 Å². The molecule has 1 aliphatic heterocycles. The first-order chi connectivity index (χ1) is 12.1. The minimum atomic E-state index is -0.506. The lowest BCUT2D eigenvalue weighted by Gasteiger charge is -2.08. The monoisotopic (exact) mass is 335 g/mol. The first-order valence-electron chi connectivity index (χ1n) is 7.99. The highest BCUT2D eigenvalue weighted by Gasteiger charge is 2.15. The van der Waals surface area contributed by atoms with Crippen molar-refractivity contribution in [3.63, 3.8) is 0 Å². The maximum absolute atomic E-state index is 12.4. The zero-order chi connectivity index (χ0) is 17.4. The number of carbonyl (C=O) groups excluding carboxylic acids is 2. The van der Waals surface area contributed by atoms with Gasteiger partial charge in [0.1, 0.15) is 6.54 Å². The molecular formula is C19H17N3O3. The number of fused-ring (bicyclic) bond motifs is 2. The average molecular weight is 335 g/mol. The van der Waals surface area contributed by atoms with E-state index in [9.17, 15) is 9.59 Å². The number of nitrogens with one attached hydrogen (secondary N) is 1. The van der Waals surface area contributed by atoms with Gasteiger partial charge < -0.3 is 20.4 Å². The maximum Gasteiger partial charge on any atom is 0.250 e. The van der Waals surface area contributed by atoms with E-state index in [4.69, 9.17) is 10.5 Å². The van der Waals surface area contributed by atoms with Crippen LogP contribution in [0.1, 0.15) is 21.5 Å². The average Bonchev–Trinajstić information content (AvgIpc) is 3.19. The molecule has 2 heterocycles. The van der Waals surface area contributed by atoms with Gasteiger partial charge in [-0.15, -0.1) is 0 Å². The number of aromatic nitrogens is 1. The number of amides is 2. The number of carbonyl (C=O) groups is 2.